The van der Waals surface area contributed by atoms with Gasteiger partial charge in [0.05, 0.1) is 11.1 Å². The third-order valence-electron chi connectivity index (χ3n) is 10.2. The van der Waals surface area contributed by atoms with E-state index < -0.39 is 29.7 Å². The number of fused-ring (bicyclic) bond motifs is 1. The van der Waals surface area contributed by atoms with Gasteiger partial charge >= 0.3 is 0 Å². The first-order valence-electron chi connectivity index (χ1n) is 17.6. The molecule has 2 fully saturated rings. The van der Waals surface area contributed by atoms with Gasteiger partial charge in [-0.05, 0) is 84.3 Å². The topological polar surface area (TPSA) is 153 Å². The monoisotopic (exact) mass is 711 g/mol. The lowest BCUT2D eigenvalue weighted by molar-refractivity contribution is -0.136. The van der Waals surface area contributed by atoms with Crippen LogP contribution in [0, 0.1) is 6.92 Å². The fourth-order valence-electron chi connectivity index (χ4n) is 7.05. The Hall–Kier alpha value is -6.30. The Morgan fingerprint density at radius 1 is 0.811 bits per heavy atom. The Kier molecular flexibility index (Phi) is 8.52. The van der Waals surface area contributed by atoms with Crippen molar-refractivity contribution in [3.8, 4) is 28.6 Å². The molecule has 3 aliphatic rings. The molecular weight excluding hydrogens is 674 g/mol. The molecule has 1 unspecified atom stereocenters. The van der Waals surface area contributed by atoms with Crippen LogP contribution in [0.3, 0.4) is 0 Å². The van der Waals surface area contributed by atoms with Crippen LogP contribution in [0.4, 0.5) is 5.69 Å². The van der Waals surface area contributed by atoms with E-state index in [4.69, 9.17) is 14.0 Å². The van der Waals surface area contributed by atoms with Crippen LogP contribution in [0.25, 0.3) is 11.4 Å². The Morgan fingerprint density at radius 2 is 1.43 bits per heavy atom. The second-order valence-electron chi connectivity index (χ2n) is 14.2. The molecule has 1 aliphatic carbocycles. The summed E-state index contributed by atoms with van der Waals surface area (Å²) in [6, 6.07) is 28.1. The Bertz CT molecular complexity index is 2220. The van der Waals surface area contributed by atoms with Gasteiger partial charge in [-0.1, -0.05) is 43.3 Å². The van der Waals surface area contributed by atoms with Gasteiger partial charge in [0.15, 0.2) is 0 Å². The summed E-state index contributed by atoms with van der Waals surface area (Å²) in [6.07, 6.45) is 1.79. The van der Waals surface area contributed by atoms with Gasteiger partial charge in [-0.2, -0.15) is 4.98 Å². The van der Waals surface area contributed by atoms with Crippen molar-refractivity contribution in [3.05, 3.63) is 119 Å². The zero-order valence-corrected chi connectivity index (χ0v) is 29.4. The molecule has 0 radical (unpaired) electrons. The Labute approximate surface area is 305 Å². The Morgan fingerprint density at radius 3 is 2.06 bits per heavy atom. The van der Waals surface area contributed by atoms with Crippen LogP contribution >= 0.6 is 0 Å². The first-order chi connectivity index (χ1) is 25.5. The second kappa shape index (κ2) is 13.4. The molecule has 4 aromatic carbocycles. The summed E-state index contributed by atoms with van der Waals surface area (Å²) in [5.41, 5.74) is 4.13. The van der Waals surface area contributed by atoms with Crippen molar-refractivity contribution in [2.45, 2.75) is 70.1 Å². The van der Waals surface area contributed by atoms with Crippen LogP contribution in [-0.2, 0) is 15.0 Å². The molecule has 1 saturated heterocycles. The van der Waals surface area contributed by atoms with Crippen LogP contribution in [-0.4, -0.2) is 56.9 Å². The van der Waals surface area contributed by atoms with Gasteiger partial charge < -0.3 is 19.3 Å². The number of benzene rings is 4. The van der Waals surface area contributed by atoms with E-state index in [0.717, 1.165) is 51.6 Å². The molecule has 2 aliphatic heterocycles. The van der Waals surface area contributed by atoms with Crippen LogP contribution in [0.1, 0.15) is 77.3 Å². The number of nitrogens with one attached hydrogen (secondary N) is 2. The smallest absolute Gasteiger partial charge is 0.262 e. The van der Waals surface area contributed by atoms with Gasteiger partial charge in [0.2, 0.25) is 23.5 Å². The summed E-state index contributed by atoms with van der Waals surface area (Å²) >= 11 is 0. The molecule has 12 heteroatoms. The number of anilines is 1. The van der Waals surface area contributed by atoms with E-state index in [0.29, 0.717) is 17.5 Å². The van der Waals surface area contributed by atoms with Gasteiger partial charge in [-0.25, -0.2) is 0 Å². The van der Waals surface area contributed by atoms with Gasteiger partial charge in [0, 0.05) is 48.9 Å². The number of hydrogen-bond donors (Lipinski definition) is 2. The molecule has 2 N–H and O–H groups in total. The number of rotatable bonds is 10. The molecule has 4 amide bonds. The van der Waals surface area contributed by atoms with Crippen molar-refractivity contribution < 1.29 is 33.2 Å². The molecule has 0 spiro atoms. The van der Waals surface area contributed by atoms with Crippen molar-refractivity contribution in [2.75, 3.05) is 5.32 Å². The number of carbonyl (C=O) groups is 4. The van der Waals surface area contributed by atoms with Gasteiger partial charge in [-0.3, -0.25) is 29.4 Å². The van der Waals surface area contributed by atoms with Crippen LogP contribution < -0.4 is 20.1 Å². The predicted octanol–water partition coefficient (Wildman–Crippen LogP) is 6.59. The molecule has 0 bridgehead atoms. The SMILES string of the molecule is Cc1nc(-c2ccc(Oc3ccc(C(C)(C)c4ccc(O[C@H]5C[C@H](Nc6ccc7c(c6)C(=O)N(C6CCC(=O)NC6=O)C7=O)C5)cc4)cc3)cc2)no1. The van der Waals surface area contributed by atoms with Gasteiger partial charge in [0.25, 0.3) is 11.8 Å². The number of aromatic nitrogens is 2. The normalized spacial score (nSPS) is 19.8. The molecule has 1 aromatic heterocycles. The van der Waals surface area contributed by atoms with Crippen LogP contribution in [0.5, 0.6) is 17.2 Å². The highest BCUT2D eigenvalue weighted by molar-refractivity contribution is 6.23. The van der Waals surface area contributed by atoms with Crippen molar-refractivity contribution in [1.29, 1.82) is 0 Å². The van der Waals surface area contributed by atoms with E-state index in [9.17, 15) is 19.2 Å². The molecule has 268 valence electrons. The van der Waals surface area contributed by atoms with E-state index in [1.165, 1.54) is 0 Å². The average molecular weight is 712 g/mol. The van der Waals surface area contributed by atoms with E-state index in [2.05, 4.69) is 58.9 Å². The summed E-state index contributed by atoms with van der Waals surface area (Å²) in [6.45, 7) is 6.14. The van der Waals surface area contributed by atoms with Gasteiger partial charge in [-0.15, -0.1) is 0 Å². The maximum Gasteiger partial charge on any atom is 0.262 e. The van der Waals surface area contributed by atoms with Crippen molar-refractivity contribution in [3.63, 3.8) is 0 Å². The Balaban J connectivity index is 0.829. The highest BCUT2D eigenvalue weighted by Crippen LogP contribution is 2.36. The fourth-order valence-corrected chi connectivity index (χ4v) is 7.05. The number of hydrogen-bond acceptors (Lipinski definition) is 10. The molecule has 3 heterocycles. The largest absolute Gasteiger partial charge is 0.490 e. The minimum atomic E-state index is -0.987. The summed E-state index contributed by atoms with van der Waals surface area (Å²) in [5.74, 6) is 1.24. The van der Waals surface area contributed by atoms with E-state index in [1.54, 1.807) is 25.1 Å². The van der Waals surface area contributed by atoms with Crippen molar-refractivity contribution >= 4 is 29.3 Å². The summed E-state index contributed by atoms with van der Waals surface area (Å²) < 4.78 is 17.4. The highest BCUT2D eigenvalue weighted by atomic mass is 16.5. The second-order valence-corrected chi connectivity index (χ2v) is 14.2. The number of amides is 4. The lowest BCUT2D eigenvalue weighted by Gasteiger charge is -2.36. The van der Waals surface area contributed by atoms with E-state index in [-0.39, 0.29) is 41.5 Å². The molecule has 53 heavy (non-hydrogen) atoms. The molecule has 1 saturated carbocycles. The van der Waals surface area contributed by atoms with E-state index >= 15 is 0 Å². The minimum absolute atomic E-state index is 0.0407. The zero-order chi connectivity index (χ0) is 36.9. The maximum absolute atomic E-state index is 13.2. The maximum atomic E-state index is 13.2. The third-order valence-corrected chi connectivity index (χ3v) is 10.2. The first kappa shape index (κ1) is 33.8. The van der Waals surface area contributed by atoms with Gasteiger partial charge in [0.1, 0.15) is 29.4 Å². The minimum Gasteiger partial charge on any atom is -0.490 e. The number of piperidine rings is 1. The number of nitrogens with zero attached hydrogens (tertiary/aromatic N) is 3. The third kappa shape index (κ3) is 6.63. The molecule has 1 atom stereocenters. The predicted molar refractivity (Wildman–Crippen MR) is 194 cm³/mol. The first-order valence-corrected chi connectivity index (χ1v) is 17.6. The quantitative estimate of drug-likeness (QED) is 0.152. The highest BCUT2D eigenvalue weighted by Gasteiger charge is 2.45. The van der Waals surface area contributed by atoms with E-state index in [1.807, 2.05) is 48.5 Å². The summed E-state index contributed by atoms with van der Waals surface area (Å²) in [5, 5.41) is 9.62. The number of imide groups is 2. The number of aryl methyl sites for hydroxylation is 1. The number of carbonyl (C=O) groups excluding carboxylic acids is 4. The average Bonchev–Trinajstić information content (AvgIpc) is 3.68. The fraction of sp³-hybridized carbons (Fsp3) is 0.268. The summed E-state index contributed by atoms with van der Waals surface area (Å²) in [7, 11) is 0. The zero-order valence-electron chi connectivity index (χ0n) is 29.4. The lowest BCUT2D eigenvalue weighted by atomic mass is 9.78. The number of ether oxygens (including phenoxy) is 2. The van der Waals surface area contributed by atoms with Crippen LogP contribution in [0.15, 0.2) is 95.5 Å². The molecule has 8 rings (SSSR count). The standard InChI is InChI=1S/C41H37N5O7/c1-23-42-37(45-53-23)24-4-11-29(12-5-24)51-30-13-6-25(7-14-30)41(2,3)26-8-15-31(16-9-26)52-32-20-28(21-32)43-27-10-17-33-34(22-27)40(50)46(39(33)49)35-18-19-36(47)44-38(35)48/h4-17,22,28,32,35,43H,18-21H2,1-3H3,(H,44,47,48)/t28-,32-,35?. The molecular formula is C41H37N5O7. The van der Waals surface area contributed by atoms with Crippen molar-refractivity contribution in [1.82, 2.24) is 20.4 Å². The molecule has 5 aromatic rings. The molecule has 12 nitrogen and oxygen atoms in total. The lowest BCUT2D eigenvalue weighted by Crippen LogP contribution is -2.54. The van der Waals surface area contributed by atoms with Crippen LogP contribution in [0.2, 0.25) is 0 Å². The van der Waals surface area contributed by atoms with Crippen molar-refractivity contribution in [2.24, 2.45) is 0 Å². The summed E-state index contributed by atoms with van der Waals surface area (Å²) in [4.78, 5) is 55.3.